The predicted molar refractivity (Wildman–Crippen MR) is 487 cm³/mol. The molecule has 648 valence electrons. The van der Waals surface area contributed by atoms with Gasteiger partial charge in [0.05, 0.1) is 26.4 Å². The number of fused-ring (bicyclic) bond motifs is 8. The lowest BCUT2D eigenvalue weighted by molar-refractivity contribution is 0.144. The second-order valence-corrected chi connectivity index (χ2v) is 34.7. The lowest BCUT2D eigenvalue weighted by atomic mass is 9.79. The fraction of sp³-hybridized carbons (Fsp3) is 0.577. The minimum atomic E-state index is -0.411. The Kier molecular flexibility index (Phi) is 46.9. The normalized spacial score (nSPS) is 11.3. The maximum atomic E-state index is 12.3. The highest BCUT2D eigenvalue weighted by Crippen LogP contribution is 2.45. The van der Waals surface area contributed by atoms with Crippen LogP contribution in [-0.4, -0.2) is 103 Å². The van der Waals surface area contributed by atoms with E-state index in [1.807, 2.05) is 0 Å². The van der Waals surface area contributed by atoms with Gasteiger partial charge in [0.15, 0.2) is 0 Å². The van der Waals surface area contributed by atoms with Crippen LogP contribution in [0.5, 0.6) is 23.0 Å². The van der Waals surface area contributed by atoms with Gasteiger partial charge in [0, 0.05) is 77.5 Å². The Morgan fingerprint density at radius 3 is 0.625 bits per heavy atom. The molecular formula is C104H140N4O12. The van der Waals surface area contributed by atoms with Crippen LogP contribution in [-0.2, 0) is 66.3 Å². The van der Waals surface area contributed by atoms with Crippen LogP contribution in [0.2, 0.25) is 0 Å². The lowest BCUT2D eigenvalue weighted by Gasteiger charge is -2.29. The fourth-order valence-electron chi connectivity index (χ4n) is 13.0. The molecule has 0 fully saturated rings. The van der Waals surface area contributed by atoms with E-state index in [1.54, 1.807) is 0 Å². The number of alkyl carbamates (subject to hydrolysis) is 4. The molecule has 4 N–H and O–H groups in total. The monoisotopic (exact) mass is 1640 g/mol. The van der Waals surface area contributed by atoms with Crippen molar-refractivity contribution < 1.29 is 57.1 Å². The molecular weight excluding hydrogens is 1500 g/mol. The van der Waals surface area contributed by atoms with Gasteiger partial charge in [0.2, 0.25) is 0 Å². The minimum Gasteiger partial charge on any atom is -0.480 e. The van der Waals surface area contributed by atoms with Crippen LogP contribution in [0.15, 0.2) is 48.5 Å². The summed E-state index contributed by atoms with van der Waals surface area (Å²) in [6, 6.07) is 18.2. The smallest absolute Gasteiger partial charge is 0.407 e. The molecule has 4 amide bonds. The molecule has 0 saturated carbocycles. The van der Waals surface area contributed by atoms with Crippen molar-refractivity contribution in [1.82, 2.24) is 21.3 Å². The first-order valence-electron chi connectivity index (χ1n) is 44.3. The first-order chi connectivity index (χ1) is 57.7. The number of carbonyl (C=O) groups excluding carboxylic acids is 4. The van der Waals surface area contributed by atoms with Gasteiger partial charge in [-0.15, -0.1) is 0 Å². The Balaban J connectivity index is 1.74. The molecule has 0 atom stereocenters. The number of hydrogen-bond acceptors (Lipinski definition) is 12. The highest BCUT2D eigenvalue weighted by atomic mass is 16.6. The summed E-state index contributed by atoms with van der Waals surface area (Å²) in [7, 11) is 0. The fourth-order valence-corrected chi connectivity index (χ4v) is 13.0. The average Bonchev–Trinajstić information content (AvgIpc) is 0.759. The van der Waals surface area contributed by atoms with Crippen LogP contribution in [0.25, 0.3) is 0 Å². The Morgan fingerprint density at radius 2 is 0.450 bits per heavy atom. The van der Waals surface area contributed by atoms with Crippen molar-refractivity contribution in [3.63, 3.8) is 0 Å². The van der Waals surface area contributed by atoms with E-state index in [0.29, 0.717) is 126 Å². The summed E-state index contributed by atoms with van der Waals surface area (Å²) in [4.78, 5) is 49.4. The molecule has 0 aliphatic heterocycles. The van der Waals surface area contributed by atoms with Gasteiger partial charge in [-0.25, -0.2) is 19.2 Å². The first-order valence-corrected chi connectivity index (χ1v) is 44.3. The topological polar surface area (TPSA) is 190 Å². The highest BCUT2D eigenvalue weighted by molar-refractivity contribution is 5.68. The van der Waals surface area contributed by atoms with Crippen LogP contribution in [0, 0.1) is 94.7 Å². The summed E-state index contributed by atoms with van der Waals surface area (Å²) in [6.07, 6.45) is 21.2. The molecule has 0 spiro atoms. The summed E-state index contributed by atoms with van der Waals surface area (Å²) in [5.74, 6) is 52.5. The Labute approximate surface area is 723 Å². The zero-order valence-corrected chi connectivity index (χ0v) is 75.8. The van der Waals surface area contributed by atoms with Gasteiger partial charge >= 0.3 is 24.4 Å². The van der Waals surface area contributed by atoms with E-state index in [9.17, 15) is 19.2 Å². The van der Waals surface area contributed by atoms with Gasteiger partial charge in [-0.1, -0.05) is 260 Å². The predicted octanol–water partition coefficient (Wildman–Crippen LogP) is 21.4. The van der Waals surface area contributed by atoms with Crippen molar-refractivity contribution in [2.24, 2.45) is 0 Å². The number of amides is 4. The van der Waals surface area contributed by atoms with Crippen molar-refractivity contribution >= 4 is 24.4 Å². The zero-order chi connectivity index (χ0) is 87.3. The molecule has 5 rings (SSSR count). The van der Waals surface area contributed by atoms with Gasteiger partial charge in [0.25, 0.3) is 0 Å². The van der Waals surface area contributed by atoms with E-state index in [1.165, 1.54) is 0 Å². The molecule has 4 aromatic carbocycles. The lowest BCUT2D eigenvalue weighted by Crippen LogP contribution is -2.25. The third kappa shape index (κ3) is 40.6. The maximum absolute atomic E-state index is 12.3. The molecule has 8 bridgehead atoms. The Hall–Kier alpha value is -10.4. The number of rotatable bonds is 40. The summed E-state index contributed by atoms with van der Waals surface area (Å²) in [6.45, 7) is 38.9. The summed E-state index contributed by atoms with van der Waals surface area (Å²) >= 11 is 0. The number of nitrogens with one attached hydrogen (secondary N) is 4. The molecule has 16 nitrogen and oxygen atoms in total. The van der Waals surface area contributed by atoms with Crippen molar-refractivity contribution in [2.45, 2.75) is 312 Å². The minimum absolute atomic E-state index is 0.0231. The van der Waals surface area contributed by atoms with E-state index in [-0.39, 0.29) is 74.5 Å². The average molecular weight is 1640 g/mol. The molecule has 0 heterocycles. The van der Waals surface area contributed by atoms with Crippen molar-refractivity contribution in [3.05, 3.63) is 115 Å². The number of ether oxygens (including phenoxy) is 8. The molecule has 1 aliphatic carbocycles. The number of hydrogen-bond donors (Lipinski definition) is 4. The zero-order valence-electron chi connectivity index (χ0n) is 75.8. The highest BCUT2D eigenvalue weighted by Gasteiger charge is 2.30. The summed E-state index contributed by atoms with van der Waals surface area (Å²) in [5, 5.41) is 11.4. The van der Waals surface area contributed by atoms with Gasteiger partial charge in [-0.05, 0) is 211 Å². The van der Waals surface area contributed by atoms with Gasteiger partial charge in [-0.3, -0.25) is 0 Å². The third-order valence-corrected chi connectivity index (χ3v) is 20.0. The van der Waals surface area contributed by atoms with Gasteiger partial charge < -0.3 is 59.2 Å². The second-order valence-electron chi connectivity index (χ2n) is 34.7. The van der Waals surface area contributed by atoms with Crippen LogP contribution < -0.4 is 40.2 Å². The molecule has 0 aromatic heterocycles. The van der Waals surface area contributed by atoms with E-state index < -0.39 is 24.4 Å². The molecule has 120 heavy (non-hydrogen) atoms. The van der Waals surface area contributed by atoms with Crippen molar-refractivity contribution in [2.75, 3.05) is 79.0 Å². The largest absolute Gasteiger partial charge is 0.480 e. The molecule has 4 aromatic rings. The molecule has 0 saturated heterocycles. The van der Waals surface area contributed by atoms with E-state index in [4.69, 9.17) is 37.9 Å². The quantitative estimate of drug-likeness (QED) is 0.0165. The van der Waals surface area contributed by atoms with Crippen LogP contribution in [0.1, 0.15) is 332 Å². The number of carbonyl (C=O) groups is 4. The van der Waals surface area contributed by atoms with Gasteiger partial charge in [0.1, 0.15) is 49.4 Å². The van der Waals surface area contributed by atoms with Crippen molar-refractivity contribution in [1.29, 1.82) is 0 Å². The molecule has 0 unspecified atom stereocenters. The molecule has 16 heteroatoms. The Bertz CT molecular complexity index is 3790. The summed E-state index contributed by atoms with van der Waals surface area (Å²) in [5.41, 5.74) is 10.5. The molecule has 0 radical (unpaired) electrons. The third-order valence-electron chi connectivity index (χ3n) is 20.0. The molecule has 1 aliphatic rings. The van der Waals surface area contributed by atoms with Crippen molar-refractivity contribution in [3.8, 4) is 118 Å². The standard InChI is InChI=1S/C104H140N4O12/c1-17-21-25-45-57-105-97(109)117-65-53-41-33-29-37-49-61-113-93-81-69-83-75-90(102(8,9)10)77-85(94(83)114-62-50-38-30-34-42-54-66-118-98(110)106-58-46-26-22-18-2)71-87-79-92(104(14,15)16)80-88(96(87)116-64-52-40-32-36-44-56-68-120-100(112)108-60-48-28-24-20-4)72-86-78-91(103(11,12)13)76-84(70-82(93)74-89(73-81)101(5,6)7)95(86)115-63-51-39-31-35-43-55-67-119-99(111)107-59-47-27-23-19-3/h73-80H,17-28,41-48,53-72H2,1-16H3,(H,105,109)(H,106,110)(H,107,111)(H,108,112). The summed E-state index contributed by atoms with van der Waals surface area (Å²) < 4.78 is 50.3. The number of benzene rings is 4. The van der Waals surface area contributed by atoms with E-state index in [2.05, 4.69) is 275 Å². The van der Waals surface area contributed by atoms with Crippen LogP contribution in [0.3, 0.4) is 0 Å². The van der Waals surface area contributed by atoms with E-state index in [0.717, 1.165) is 169 Å². The van der Waals surface area contributed by atoms with E-state index >= 15 is 0 Å². The van der Waals surface area contributed by atoms with Crippen LogP contribution >= 0.6 is 0 Å². The van der Waals surface area contributed by atoms with Crippen LogP contribution in [0.4, 0.5) is 19.2 Å². The van der Waals surface area contributed by atoms with Gasteiger partial charge in [-0.2, -0.15) is 0 Å². The SMILES string of the molecule is CCCCCCNC(=O)OCCCC#CC#CCOc1c2cc(C(C)(C)C)cc1Cc1cc(C(C)(C)C)cc(c1OCC#CC#CCCCOC(=O)NCCCCCC)Cc1cc(C(C)(C)C)cc(c1OCC#CC#CCCCOC(=O)NCCCCCC)Cc1cc(C(C)(C)C)cc(c1OCC#CC#CCCCOC(=O)NCCCCCC)C2. The first kappa shape index (κ1) is 100. The Morgan fingerprint density at radius 1 is 0.267 bits per heavy atom. The maximum Gasteiger partial charge on any atom is 0.407 e. The number of unbranched alkanes of at least 4 members (excludes halogenated alkanes) is 16. The second kappa shape index (κ2) is 56.2.